The van der Waals surface area contributed by atoms with E-state index in [1.54, 1.807) is 21.6 Å². The number of benzene rings is 1. The summed E-state index contributed by atoms with van der Waals surface area (Å²) in [4.78, 5) is 0. The van der Waals surface area contributed by atoms with Gasteiger partial charge in [-0.2, -0.15) is 17.7 Å². The van der Waals surface area contributed by atoms with Gasteiger partial charge in [-0.1, -0.05) is 69.9 Å². The molecule has 0 heterocycles. The van der Waals surface area contributed by atoms with Crippen LogP contribution in [0.2, 0.25) is 0 Å². The molecule has 27 heavy (non-hydrogen) atoms. The van der Waals surface area contributed by atoms with Crippen molar-refractivity contribution in [1.29, 1.82) is 0 Å². The zero-order valence-electron chi connectivity index (χ0n) is 17.7. The summed E-state index contributed by atoms with van der Waals surface area (Å²) < 4.78 is 0. The van der Waals surface area contributed by atoms with Crippen molar-refractivity contribution in [3.8, 4) is 0 Å². The topological polar surface area (TPSA) is 0 Å². The van der Waals surface area contributed by atoms with Crippen molar-refractivity contribution in [3.05, 3.63) is 91.8 Å². The van der Waals surface area contributed by atoms with Crippen LogP contribution >= 0.6 is 24.8 Å². The second kappa shape index (κ2) is 18.2. The minimum absolute atomic E-state index is 0. The number of rotatable bonds is 1. The van der Waals surface area contributed by atoms with Crippen molar-refractivity contribution in [2.75, 3.05) is 0 Å². The van der Waals surface area contributed by atoms with E-state index in [0.29, 0.717) is 11.8 Å². The number of hydrogen-bond acceptors (Lipinski definition) is 0. The summed E-state index contributed by atoms with van der Waals surface area (Å²) in [5.41, 5.74) is 6.62. The quantitative estimate of drug-likeness (QED) is 0.275. The molecule has 2 aliphatic rings. The van der Waals surface area contributed by atoms with E-state index in [-0.39, 0.29) is 39.7 Å². The van der Waals surface area contributed by atoms with Gasteiger partial charge in [0.1, 0.15) is 0 Å². The summed E-state index contributed by atoms with van der Waals surface area (Å²) in [7, 11) is 0. The Bertz CT molecular complexity index is 628. The Balaban J connectivity index is -0.000000168. The number of allylic oxidation sites excluding steroid dienone is 8. The van der Waals surface area contributed by atoms with Gasteiger partial charge in [-0.15, -0.1) is 37.3 Å². The molecule has 0 aromatic heterocycles. The van der Waals surface area contributed by atoms with Gasteiger partial charge < -0.3 is 14.9 Å². The summed E-state index contributed by atoms with van der Waals surface area (Å²) in [6.45, 7) is 10.7. The van der Waals surface area contributed by atoms with Crippen LogP contribution < -0.4 is 0 Å². The molecule has 0 bridgehead atoms. The molecule has 0 aliphatic heterocycles. The fourth-order valence-electron chi connectivity index (χ4n) is 2.76. The van der Waals surface area contributed by atoms with Gasteiger partial charge in [0.15, 0.2) is 0 Å². The van der Waals surface area contributed by atoms with Crippen LogP contribution in [0.1, 0.15) is 40.2 Å². The summed E-state index contributed by atoms with van der Waals surface area (Å²) in [5, 5.41) is 0. The molecule has 1 aromatic carbocycles. The molecule has 0 radical (unpaired) electrons. The molecule has 2 atom stereocenters. The SMILES string of the molecule is CC1=[C-]C(C)C=C1C.CC1=[C-]C(C)C=C1c1ccccc1.Cl.Cl.[CH3-].[CH3-].[GeH2]=[Zr]. The first-order chi connectivity index (χ1) is 11.0. The predicted octanol–water partition coefficient (Wildman–Crippen LogP) is 6.63. The molecule has 4 heteroatoms. The number of hydrogen-bond donors (Lipinski definition) is 0. The van der Waals surface area contributed by atoms with Gasteiger partial charge >= 0.3 is 33.7 Å². The van der Waals surface area contributed by atoms with E-state index in [9.17, 15) is 0 Å². The summed E-state index contributed by atoms with van der Waals surface area (Å²) in [6.07, 6.45) is 11.2. The first-order valence-corrected chi connectivity index (χ1v) is 18.5. The van der Waals surface area contributed by atoms with Crippen molar-refractivity contribution in [1.82, 2.24) is 0 Å². The van der Waals surface area contributed by atoms with E-state index in [0.717, 1.165) is 0 Å². The summed E-state index contributed by atoms with van der Waals surface area (Å²) in [5.74, 6) is 1.02. The Morgan fingerprint density at radius 1 is 0.778 bits per heavy atom. The average Bonchev–Trinajstić information content (AvgIpc) is 3.03. The average molecular weight is 545 g/mol. The van der Waals surface area contributed by atoms with Crippen molar-refractivity contribution in [2.45, 2.75) is 34.6 Å². The van der Waals surface area contributed by atoms with Crippen LogP contribution in [0.5, 0.6) is 0 Å². The maximum atomic E-state index is 3.39. The third-order valence-corrected chi connectivity index (χ3v) is 3.89. The maximum absolute atomic E-state index is 3.39. The van der Waals surface area contributed by atoms with Crippen LogP contribution in [-0.4, -0.2) is 12.1 Å². The Kier molecular flexibility index (Phi) is 23.4. The molecule has 0 saturated heterocycles. The second-order valence-corrected chi connectivity index (χ2v) is 5.91. The fourth-order valence-corrected chi connectivity index (χ4v) is 2.76. The van der Waals surface area contributed by atoms with Crippen LogP contribution in [-0.2, 0) is 21.6 Å². The molecular formula is C23H34Cl2GeZr-4. The monoisotopic (exact) mass is 544 g/mol. The van der Waals surface area contributed by atoms with E-state index in [1.165, 1.54) is 40.0 Å². The van der Waals surface area contributed by atoms with Gasteiger partial charge in [0.25, 0.3) is 0 Å². The molecule has 152 valence electrons. The molecule has 0 nitrogen and oxygen atoms in total. The molecule has 0 amide bonds. The van der Waals surface area contributed by atoms with E-state index in [2.05, 4.69) is 83.2 Å². The van der Waals surface area contributed by atoms with Crippen LogP contribution in [0.25, 0.3) is 5.57 Å². The molecule has 0 spiro atoms. The fraction of sp³-hybridized carbons (Fsp3) is 0.304. The Morgan fingerprint density at radius 2 is 1.22 bits per heavy atom. The molecule has 2 unspecified atom stereocenters. The van der Waals surface area contributed by atoms with Crippen molar-refractivity contribution in [2.24, 2.45) is 11.8 Å². The van der Waals surface area contributed by atoms with Gasteiger partial charge in [0.05, 0.1) is 0 Å². The van der Waals surface area contributed by atoms with Crippen molar-refractivity contribution in [3.63, 3.8) is 0 Å². The van der Waals surface area contributed by atoms with Gasteiger partial charge in [-0.25, -0.2) is 16.7 Å². The zero-order chi connectivity index (χ0) is 17.4. The first-order valence-electron chi connectivity index (χ1n) is 7.99. The van der Waals surface area contributed by atoms with E-state index < -0.39 is 0 Å². The van der Waals surface area contributed by atoms with Crippen LogP contribution in [0.15, 0.2) is 59.2 Å². The van der Waals surface area contributed by atoms with Gasteiger partial charge in [-0.05, 0) is 0 Å². The Hall–Kier alpha value is 0.186. The van der Waals surface area contributed by atoms with E-state index >= 15 is 0 Å². The first kappa shape index (κ1) is 34.7. The van der Waals surface area contributed by atoms with Crippen LogP contribution in [0.4, 0.5) is 0 Å². The Morgan fingerprint density at radius 3 is 1.52 bits per heavy atom. The van der Waals surface area contributed by atoms with E-state index in [4.69, 9.17) is 0 Å². The standard InChI is InChI=1S/C13H13.C8H11.2CH3.2ClH.GeH2.Zr/c1-10-8-11(2)13(9-10)12-6-4-3-5-7-12;1-6-4-7(2)8(3)5-6;;;;;;/h3-7,9-10H,1-2H3;4,6H,1-3H3;2*1H3;2*1H;1H2;/q4*-1;;;;. The van der Waals surface area contributed by atoms with Crippen molar-refractivity contribution < 1.29 is 21.6 Å². The third-order valence-electron chi connectivity index (χ3n) is 3.89. The normalized spacial score (nSPS) is 18.5. The summed E-state index contributed by atoms with van der Waals surface area (Å²) in [6, 6.07) is 10.5. The molecule has 3 rings (SSSR count). The molecule has 1 aromatic rings. The predicted molar refractivity (Wildman–Crippen MR) is 127 cm³/mol. The van der Waals surface area contributed by atoms with Gasteiger partial charge in [0, 0.05) is 0 Å². The van der Waals surface area contributed by atoms with Gasteiger partial charge in [0.2, 0.25) is 0 Å². The summed E-state index contributed by atoms with van der Waals surface area (Å²) >= 11 is 3.14. The van der Waals surface area contributed by atoms with Crippen molar-refractivity contribution >= 4 is 42.5 Å². The molecule has 0 fully saturated rings. The van der Waals surface area contributed by atoms with E-state index in [1.807, 2.05) is 6.07 Å². The zero-order valence-corrected chi connectivity index (χ0v) is 24.8. The molecule has 2 aliphatic carbocycles. The molecular weight excluding hydrogens is 511 g/mol. The Labute approximate surface area is 200 Å². The third kappa shape index (κ3) is 11.7. The second-order valence-electron chi connectivity index (χ2n) is 5.91. The van der Waals surface area contributed by atoms with Gasteiger partial charge in [-0.3, -0.25) is 12.2 Å². The minimum atomic E-state index is 0. The van der Waals surface area contributed by atoms with Crippen LogP contribution in [0.3, 0.4) is 0 Å². The van der Waals surface area contributed by atoms with Crippen LogP contribution in [0, 0.1) is 38.8 Å². The molecule has 0 N–H and O–H groups in total. The molecule has 0 saturated carbocycles. The number of halogens is 2.